The van der Waals surface area contributed by atoms with Gasteiger partial charge in [-0.3, -0.25) is 4.68 Å². The highest BCUT2D eigenvalue weighted by molar-refractivity contribution is 6.31. The zero-order chi connectivity index (χ0) is 12.1. The number of aromatic nitrogens is 2. The highest BCUT2D eigenvalue weighted by Gasteiger charge is 2.08. The van der Waals surface area contributed by atoms with E-state index in [1.54, 1.807) is 0 Å². The first-order valence-electron chi connectivity index (χ1n) is 5.78. The second-order valence-corrected chi connectivity index (χ2v) is 5.36. The fourth-order valence-electron chi connectivity index (χ4n) is 1.39. The van der Waals surface area contributed by atoms with E-state index in [1.165, 1.54) is 0 Å². The van der Waals surface area contributed by atoms with Crippen LogP contribution in [0.15, 0.2) is 6.20 Å². The number of hydrogen-bond donors (Lipinski definition) is 0. The van der Waals surface area contributed by atoms with Gasteiger partial charge >= 0.3 is 0 Å². The molecule has 0 unspecified atom stereocenters. The molecule has 0 aromatic carbocycles. The molecule has 1 heterocycles. The molecule has 0 N–H and O–H groups in total. The molecule has 1 aromatic rings. The van der Waals surface area contributed by atoms with Crippen LogP contribution >= 0.6 is 11.6 Å². The smallest absolute Gasteiger partial charge is 0.107 e. The van der Waals surface area contributed by atoms with E-state index >= 15 is 0 Å². The second kappa shape index (κ2) is 6.26. The number of halogens is 1. The molecule has 0 spiro atoms. The Morgan fingerprint density at radius 1 is 1.31 bits per heavy atom. The lowest BCUT2D eigenvalue weighted by Gasteiger charge is -2.05. The Balaban J connectivity index is 2.50. The van der Waals surface area contributed by atoms with Gasteiger partial charge in [0, 0.05) is 19.3 Å². The number of nitrogens with zero attached hydrogens (tertiary/aromatic N) is 2. The third-order valence-electron chi connectivity index (χ3n) is 2.03. The summed E-state index contributed by atoms with van der Waals surface area (Å²) in [5, 5.41) is 5.11. The SMILES string of the molecule is CC(C)COCc1nn(CC(C)C)cc1Cl. The van der Waals surface area contributed by atoms with Gasteiger partial charge < -0.3 is 4.74 Å². The standard InChI is InChI=1S/C12H21ClN2O/c1-9(2)5-15-6-11(13)12(14-15)8-16-7-10(3)4/h6,9-10H,5,7-8H2,1-4H3. The highest BCUT2D eigenvalue weighted by atomic mass is 35.5. The molecule has 92 valence electrons. The Kier molecular flexibility index (Phi) is 5.29. The molecule has 1 aromatic heterocycles. The maximum Gasteiger partial charge on any atom is 0.107 e. The van der Waals surface area contributed by atoms with Gasteiger partial charge in [-0.25, -0.2) is 0 Å². The minimum absolute atomic E-state index is 0.502. The Morgan fingerprint density at radius 3 is 2.56 bits per heavy atom. The van der Waals surface area contributed by atoms with E-state index in [-0.39, 0.29) is 0 Å². The van der Waals surface area contributed by atoms with Crippen molar-refractivity contribution in [1.29, 1.82) is 0 Å². The van der Waals surface area contributed by atoms with Crippen LogP contribution in [0.2, 0.25) is 5.02 Å². The first-order chi connectivity index (χ1) is 7.49. The van der Waals surface area contributed by atoms with Crippen LogP contribution in [-0.2, 0) is 17.9 Å². The maximum absolute atomic E-state index is 6.08. The van der Waals surface area contributed by atoms with Crippen LogP contribution in [0.4, 0.5) is 0 Å². The minimum Gasteiger partial charge on any atom is -0.375 e. The van der Waals surface area contributed by atoms with Crippen molar-refractivity contribution in [3.8, 4) is 0 Å². The number of ether oxygens (including phenoxy) is 1. The van der Waals surface area contributed by atoms with E-state index in [4.69, 9.17) is 16.3 Å². The Morgan fingerprint density at radius 2 is 2.00 bits per heavy atom. The molecule has 0 fully saturated rings. The van der Waals surface area contributed by atoms with Crippen molar-refractivity contribution in [2.45, 2.75) is 40.8 Å². The average Bonchev–Trinajstić information content (AvgIpc) is 2.45. The lowest BCUT2D eigenvalue weighted by molar-refractivity contribution is 0.0944. The molecule has 0 radical (unpaired) electrons. The summed E-state index contributed by atoms with van der Waals surface area (Å²) in [5.41, 5.74) is 0.836. The molecule has 0 bridgehead atoms. The minimum atomic E-state index is 0.502. The molecule has 3 nitrogen and oxygen atoms in total. The summed E-state index contributed by atoms with van der Waals surface area (Å²) in [6.45, 7) is 10.7. The van der Waals surface area contributed by atoms with Gasteiger partial charge in [0.05, 0.1) is 11.6 Å². The fourth-order valence-corrected chi connectivity index (χ4v) is 1.60. The van der Waals surface area contributed by atoms with Crippen LogP contribution < -0.4 is 0 Å². The molecule has 0 saturated carbocycles. The van der Waals surface area contributed by atoms with Crippen LogP contribution in [0.5, 0.6) is 0 Å². The van der Waals surface area contributed by atoms with Crippen LogP contribution in [-0.4, -0.2) is 16.4 Å². The fraction of sp³-hybridized carbons (Fsp3) is 0.750. The van der Waals surface area contributed by atoms with Crippen LogP contribution in [0.1, 0.15) is 33.4 Å². The molecule has 0 atom stereocenters. The van der Waals surface area contributed by atoms with E-state index in [0.717, 1.165) is 18.8 Å². The highest BCUT2D eigenvalue weighted by Crippen LogP contribution is 2.16. The van der Waals surface area contributed by atoms with Gasteiger partial charge in [0.15, 0.2) is 0 Å². The van der Waals surface area contributed by atoms with E-state index < -0.39 is 0 Å². The van der Waals surface area contributed by atoms with Gasteiger partial charge in [0.25, 0.3) is 0 Å². The predicted octanol–water partition coefficient (Wildman–Crippen LogP) is 3.37. The quantitative estimate of drug-likeness (QED) is 0.767. The Bertz CT molecular complexity index is 321. The molecule has 0 saturated heterocycles. The number of hydrogen-bond acceptors (Lipinski definition) is 2. The molecular formula is C12H21ClN2O. The summed E-state index contributed by atoms with van der Waals surface area (Å²) in [6, 6.07) is 0. The van der Waals surface area contributed by atoms with E-state index in [1.807, 2.05) is 10.9 Å². The zero-order valence-electron chi connectivity index (χ0n) is 10.5. The third-order valence-corrected chi connectivity index (χ3v) is 2.35. The average molecular weight is 245 g/mol. The number of rotatable bonds is 6. The van der Waals surface area contributed by atoms with Gasteiger partial charge in [0.2, 0.25) is 0 Å². The first kappa shape index (κ1) is 13.5. The molecule has 0 aliphatic carbocycles. The van der Waals surface area contributed by atoms with E-state index in [2.05, 4.69) is 32.8 Å². The predicted molar refractivity (Wildman–Crippen MR) is 66.6 cm³/mol. The van der Waals surface area contributed by atoms with E-state index in [0.29, 0.717) is 23.5 Å². The van der Waals surface area contributed by atoms with Crippen molar-refractivity contribution in [3.05, 3.63) is 16.9 Å². The van der Waals surface area contributed by atoms with Crippen molar-refractivity contribution in [2.75, 3.05) is 6.61 Å². The summed E-state index contributed by atoms with van der Waals surface area (Å²) in [6.07, 6.45) is 1.87. The monoisotopic (exact) mass is 244 g/mol. The van der Waals surface area contributed by atoms with Gasteiger partial charge in [-0.05, 0) is 11.8 Å². The van der Waals surface area contributed by atoms with Crippen molar-refractivity contribution >= 4 is 11.6 Å². The first-order valence-corrected chi connectivity index (χ1v) is 6.16. The van der Waals surface area contributed by atoms with Crippen molar-refractivity contribution in [2.24, 2.45) is 11.8 Å². The van der Waals surface area contributed by atoms with Crippen molar-refractivity contribution < 1.29 is 4.74 Å². The molecule has 0 aliphatic heterocycles. The van der Waals surface area contributed by atoms with Crippen molar-refractivity contribution in [1.82, 2.24) is 9.78 Å². The van der Waals surface area contributed by atoms with Gasteiger partial charge in [-0.15, -0.1) is 0 Å². The van der Waals surface area contributed by atoms with Crippen LogP contribution in [0.3, 0.4) is 0 Å². The third kappa shape index (κ3) is 4.54. The summed E-state index contributed by atoms with van der Waals surface area (Å²) < 4.78 is 7.41. The van der Waals surface area contributed by atoms with Gasteiger partial charge in [-0.2, -0.15) is 5.10 Å². The largest absolute Gasteiger partial charge is 0.375 e. The van der Waals surface area contributed by atoms with E-state index in [9.17, 15) is 0 Å². The Hall–Kier alpha value is -0.540. The summed E-state index contributed by atoms with van der Waals surface area (Å²) >= 11 is 6.08. The normalized spacial score (nSPS) is 11.7. The molecule has 16 heavy (non-hydrogen) atoms. The van der Waals surface area contributed by atoms with Crippen LogP contribution in [0.25, 0.3) is 0 Å². The van der Waals surface area contributed by atoms with Crippen molar-refractivity contribution in [3.63, 3.8) is 0 Å². The molecule has 0 amide bonds. The molecular weight excluding hydrogens is 224 g/mol. The van der Waals surface area contributed by atoms with Gasteiger partial charge in [-0.1, -0.05) is 39.3 Å². The molecule has 1 rings (SSSR count). The zero-order valence-corrected chi connectivity index (χ0v) is 11.3. The van der Waals surface area contributed by atoms with Crippen LogP contribution in [0, 0.1) is 11.8 Å². The summed E-state index contributed by atoms with van der Waals surface area (Å²) in [7, 11) is 0. The Labute approximate surface area is 103 Å². The summed E-state index contributed by atoms with van der Waals surface area (Å²) in [5.74, 6) is 1.11. The van der Waals surface area contributed by atoms with Gasteiger partial charge in [0.1, 0.15) is 5.69 Å². The molecule has 0 aliphatic rings. The lowest BCUT2D eigenvalue weighted by Crippen LogP contribution is -2.06. The summed E-state index contributed by atoms with van der Waals surface area (Å²) in [4.78, 5) is 0. The maximum atomic E-state index is 6.08. The second-order valence-electron chi connectivity index (χ2n) is 4.95. The lowest BCUT2D eigenvalue weighted by atomic mass is 10.2. The molecule has 4 heteroatoms. The topological polar surface area (TPSA) is 27.1 Å².